The fourth-order valence-electron chi connectivity index (χ4n) is 1.61. The largest absolute Gasteiger partial charge is 0.377 e. The molecule has 1 fully saturated rings. The maximum absolute atomic E-state index is 10.7. The van der Waals surface area contributed by atoms with E-state index in [0.29, 0.717) is 17.6 Å². The Morgan fingerprint density at radius 2 is 2.40 bits per heavy atom. The Hall–Kier alpha value is -1.65. The van der Waals surface area contributed by atoms with Gasteiger partial charge in [-0.3, -0.25) is 15.1 Å². The molecule has 0 bridgehead atoms. The average molecular weight is 207 g/mol. The molecule has 1 unspecified atom stereocenters. The number of hydrogen-bond donors (Lipinski definition) is 1. The third kappa shape index (κ3) is 2.23. The van der Waals surface area contributed by atoms with E-state index in [1.165, 1.54) is 19.0 Å². The van der Waals surface area contributed by atoms with Crippen LogP contribution in [-0.2, 0) is 0 Å². The maximum Gasteiger partial charge on any atom is 0.310 e. The van der Waals surface area contributed by atoms with Crippen LogP contribution >= 0.6 is 0 Å². The highest BCUT2D eigenvalue weighted by molar-refractivity contribution is 5.60. The molecule has 1 aromatic heterocycles. The molecule has 5 nitrogen and oxygen atoms in total. The number of hydrogen-bond acceptors (Lipinski definition) is 4. The van der Waals surface area contributed by atoms with Gasteiger partial charge in [0.25, 0.3) is 0 Å². The summed E-state index contributed by atoms with van der Waals surface area (Å²) in [5.74, 6) is 0.665. The van der Waals surface area contributed by atoms with Crippen molar-refractivity contribution in [1.82, 2.24) is 4.98 Å². The minimum atomic E-state index is -0.408. The lowest BCUT2D eigenvalue weighted by atomic mass is 10.2. The molecule has 0 radical (unpaired) electrons. The van der Waals surface area contributed by atoms with E-state index in [9.17, 15) is 10.1 Å². The molecule has 15 heavy (non-hydrogen) atoms. The zero-order chi connectivity index (χ0) is 10.8. The molecule has 1 heterocycles. The molecule has 80 valence electrons. The van der Waals surface area contributed by atoms with Gasteiger partial charge in [-0.05, 0) is 31.7 Å². The molecule has 5 heteroatoms. The van der Waals surface area contributed by atoms with Gasteiger partial charge in [-0.15, -0.1) is 0 Å². The predicted octanol–water partition coefficient (Wildman–Crippen LogP) is 2.20. The van der Waals surface area contributed by atoms with Crippen molar-refractivity contribution in [3.8, 4) is 0 Å². The fraction of sp³-hybridized carbons (Fsp3) is 0.500. The quantitative estimate of drug-likeness (QED) is 0.607. The van der Waals surface area contributed by atoms with Crippen molar-refractivity contribution in [1.29, 1.82) is 0 Å². The molecular formula is C10H13N3O2. The second-order valence-electron chi connectivity index (χ2n) is 3.92. The zero-order valence-electron chi connectivity index (χ0n) is 8.51. The number of pyridine rings is 1. The van der Waals surface area contributed by atoms with Gasteiger partial charge >= 0.3 is 5.69 Å². The second kappa shape index (κ2) is 3.84. The number of anilines is 1. The van der Waals surface area contributed by atoms with E-state index >= 15 is 0 Å². The third-order valence-corrected chi connectivity index (χ3v) is 2.71. The molecular weight excluding hydrogens is 194 g/mol. The lowest BCUT2D eigenvalue weighted by Crippen LogP contribution is -2.18. The van der Waals surface area contributed by atoms with Crippen molar-refractivity contribution < 1.29 is 4.92 Å². The normalized spacial score (nSPS) is 17.1. The van der Waals surface area contributed by atoms with Crippen molar-refractivity contribution in [3.63, 3.8) is 0 Å². The minimum absolute atomic E-state index is 0.0463. The number of nitro groups is 1. The van der Waals surface area contributed by atoms with E-state index in [-0.39, 0.29) is 5.69 Å². The van der Waals surface area contributed by atoms with Crippen molar-refractivity contribution in [2.75, 3.05) is 5.32 Å². The van der Waals surface area contributed by atoms with Crippen LogP contribution in [0, 0.1) is 16.0 Å². The van der Waals surface area contributed by atoms with E-state index in [1.807, 2.05) is 0 Å². The van der Waals surface area contributed by atoms with Gasteiger partial charge in [0.05, 0.1) is 4.92 Å². The van der Waals surface area contributed by atoms with Crippen LogP contribution in [0.15, 0.2) is 18.5 Å². The molecule has 2 rings (SSSR count). The van der Waals surface area contributed by atoms with Crippen LogP contribution in [0.4, 0.5) is 11.4 Å². The van der Waals surface area contributed by atoms with Gasteiger partial charge < -0.3 is 5.32 Å². The lowest BCUT2D eigenvalue weighted by Gasteiger charge is -2.13. The number of nitrogens with zero attached hydrogens (tertiary/aromatic N) is 2. The molecule has 0 spiro atoms. The van der Waals surface area contributed by atoms with Gasteiger partial charge in [-0.1, -0.05) is 0 Å². The van der Waals surface area contributed by atoms with Crippen LogP contribution in [0.3, 0.4) is 0 Å². The fourth-order valence-corrected chi connectivity index (χ4v) is 1.61. The standard InChI is InChI=1S/C10H13N3O2/c1-7(8-2-3-8)12-9-4-5-11-6-10(9)13(14)15/h4-8H,2-3H2,1H3,(H,11,12). The highest BCUT2D eigenvalue weighted by Gasteiger charge is 2.29. The summed E-state index contributed by atoms with van der Waals surface area (Å²) < 4.78 is 0. The molecule has 1 atom stereocenters. The summed E-state index contributed by atoms with van der Waals surface area (Å²) in [5, 5.41) is 13.9. The first kappa shape index (κ1) is 9.89. The van der Waals surface area contributed by atoms with Gasteiger partial charge in [0.15, 0.2) is 0 Å². The van der Waals surface area contributed by atoms with Crippen LogP contribution in [-0.4, -0.2) is 15.9 Å². The third-order valence-electron chi connectivity index (χ3n) is 2.71. The van der Waals surface area contributed by atoms with Crippen LogP contribution in [0.25, 0.3) is 0 Å². The summed E-state index contributed by atoms with van der Waals surface area (Å²) in [6.07, 6.45) is 5.27. The van der Waals surface area contributed by atoms with E-state index in [1.54, 1.807) is 12.3 Å². The summed E-state index contributed by atoms with van der Waals surface area (Å²) in [4.78, 5) is 14.1. The number of aromatic nitrogens is 1. The van der Waals surface area contributed by atoms with Crippen molar-refractivity contribution in [2.24, 2.45) is 5.92 Å². The molecule has 0 aromatic carbocycles. The molecule has 0 amide bonds. The Labute approximate surface area is 87.7 Å². The Morgan fingerprint density at radius 3 is 3.00 bits per heavy atom. The lowest BCUT2D eigenvalue weighted by molar-refractivity contribution is -0.384. The molecule has 1 aliphatic rings. The molecule has 0 saturated heterocycles. The Balaban J connectivity index is 2.15. The average Bonchev–Trinajstić information content (AvgIpc) is 3.01. The Morgan fingerprint density at radius 1 is 1.67 bits per heavy atom. The van der Waals surface area contributed by atoms with Crippen LogP contribution < -0.4 is 5.32 Å². The van der Waals surface area contributed by atoms with Gasteiger partial charge in [0, 0.05) is 12.2 Å². The predicted molar refractivity (Wildman–Crippen MR) is 56.7 cm³/mol. The first-order valence-corrected chi connectivity index (χ1v) is 5.03. The highest BCUT2D eigenvalue weighted by Crippen LogP contribution is 2.35. The van der Waals surface area contributed by atoms with Gasteiger partial charge in [0.1, 0.15) is 11.9 Å². The van der Waals surface area contributed by atoms with E-state index < -0.39 is 4.92 Å². The summed E-state index contributed by atoms with van der Waals surface area (Å²) >= 11 is 0. The summed E-state index contributed by atoms with van der Waals surface area (Å²) in [6, 6.07) is 1.95. The van der Waals surface area contributed by atoms with Crippen molar-refractivity contribution in [2.45, 2.75) is 25.8 Å². The molecule has 1 saturated carbocycles. The Bertz CT molecular complexity index is 377. The first-order valence-electron chi connectivity index (χ1n) is 5.03. The summed E-state index contributed by atoms with van der Waals surface area (Å²) in [7, 11) is 0. The molecule has 1 N–H and O–H groups in total. The van der Waals surface area contributed by atoms with Crippen LogP contribution in [0.5, 0.6) is 0 Å². The monoisotopic (exact) mass is 207 g/mol. The van der Waals surface area contributed by atoms with E-state index in [4.69, 9.17) is 0 Å². The molecule has 0 aliphatic heterocycles. The van der Waals surface area contributed by atoms with E-state index in [2.05, 4.69) is 17.2 Å². The summed E-state index contributed by atoms with van der Waals surface area (Å²) in [5.41, 5.74) is 0.611. The number of nitrogens with one attached hydrogen (secondary N) is 1. The zero-order valence-corrected chi connectivity index (χ0v) is 8.51. The summed E-state index contributed by atoms with van der Waals surface area (Å²) in [6.45, 7) is 2.06. The first-order chi connectivity index (χ1) is 7.18. The van der Waals surface area contributed by atoms with Crippen LogP contribution in [0.2, 0.25) is 0 Å². The number of rotatable bonds is 4. The van der Waals surface area contributed by atoms with Gasteiger partial charge in [-0.25, -0.2) is 0 Å². The SMILES string of the molecule is CC(Nc1ccncc1[N+](=O)[O-])C1CC1. The molecule has 1 aromatic rings. The van der Waals surface area contributed by atoms with Crippen LogP contribution in [0.1, 0.15) is 19.8 Å². The Kier molecular flexibility index (Phi) is 2.53. The van der Waals surface area contributed by atoms with Crippen molar-refractivity contribution in [3.05, 3.63) is 28.6 Å². The van der Waals surface area contributed by atoms with Gasteiger partial charge in [-0.2, -0.15) is 0 Å². The van der Waals surface area contributed by atoms with E-state index in [0.717, 1.165) is 0 Å². The smallest absolute Gasteiger partial charge is 0.310 e. The van der Waals surface area contributed by atoms with Crippen molar-refractivity contribution >= 4 is 11.4 Å². The second-order valence-corrected chi connectivity index (χ2v) is 3.92. The van der Waals surface area contributed by atoms with Gasteiger partial charge in [0.2, 0.25) is 0 Å². The maximum atomic E-state index is 10.7. The topological polar surface area (TPSA) is 68.1 Å². The minimum Gasteiger partial charge on any atom is -0.377 e. The molecule has 1 aliphatic carbocycles. The highest BCUT2D eigenvalue weighted by atomic mass is 16.6.